The summed E-state index contributed by atoms with van der Waals surface area (Å²) in [4.78, 5) is 12.4. The third-order valence-electron chi connectivity index (χ3n) is 3.97. The molecule has 0 atom stereocenters. The van der Waals surface area contributed by atoms with E-state index in [1.807, 2.05) is 42.1 Å². The summed E-state index contributed by atoms with van der Waals surface area (Å²) in [6.45, 7) is 0. The number of anilines is 1. The highest BCUT2D eigenvalue weighted by molar-refractivity contribution is 5.96. The lowest BCUT2D eigenvalue weighted by Gasteiger charge is -2.09. The molecule has 0 bridgehead atoms. The smallest absolute Gasteiger partial charge is 0.228 e. The van der Waals surface area contributed by atoms with Gasteiger partial charge in [-0.1, -0.05) is 18.2 Å². The normalized spacial score (nSPS) is 10.6. The minimum absolute atomic E-state index is 0.0818. The predicted octanol–water partition coefficient (Wildman–Crippen LogP) is 3.38. The number of nitrogens with zero attached hydrogens (tertiary/aromatic N) is 1. The molecule has 0 aliphatic heterocycles. The Hall–Kier alpha value is -2.95. The first-order valence-electron chi connectivity index (χ1n) is 7.66. The fraction of sp³-hybridized carbons (Fsp3) is 0.211. The number of aromatic nitrogens is 1. The van der Waals surface area contributed by atoms with Gasteiger partial charge < -0.3 is 19.4 Å². The molecule has 0 fully saturated rings. The molecule has 5 nitrogen and oxygen atoms in total. The zero-order valence-electron chi connectivity index (χ0n) is 14.0. The van der Waals surface area contributed by atoms with Crippen molar-refractivity contribution in [3.63, 3.8) is 0 Å². The van der Waals surface area contributed by atoms with Gasteiger partial charge in [0, 0.05) is 48.0 Å². The molecule has 0 radical (unpaired) electrons. The monoisotopic (exact) mass is 324 g/mol. The molecule has 1 N–H and O–H groups in total. The minimum Gasteiger partial charge on any atom is -0.497 e. The summed E-state index contributed by atoms with van der Waals surface area (Å²) in [5.74, 6) is 1.19. The minimum atomic E-state index is -0.0818. The molecule has 0 saturated heterocycles. The van der Waals surface area contributed by atoms with Gasteiger partial charge in [0.25, 0.3) is 0 Å². The molecule has 24 heavy (non-hydrogen) atoms. The van der Waals surface area contributed by atoms with E-state index in [9.17, 15) is 4.79 Å². The molecule has 2 aromatic carbocycles. The van der Waals surface area contributed by atoms with Crippen LogP contribution in [-0.4, -0.2) is 24.7 Å². The summed E-state index contributed by atoms with van der Waals surface area (Å²) in [5.41, 5.74) is 2.76. The van der Waals surface area contributed by atoms with Crippen LogP contribution in [0.2, 0.25) is 0 Å². The molecule has 0 aliphatic rings. The molecule has 0 aliphatic carbocycles. The van der Waals surface area contributed by atoms with Gasteiger partial charge in [-0.15, -0.1) is 0 Å². The highest BCUT2D eigenvalue weighted by Crippen LogP contribution is 2.26. The third kappa shape index (κ3) is 3.20. The van der Waals surface area contributed by atoms with Crippen molar-refractivity contribution in [3.05, 3.63) is 54.2 Å². The highest BCUT2D eigenvalue weighted by atomic mass is 16.5. The number of para-hydroxylation sites is 1. The fourth-order valence-corrected chi connectivity index (χ4v) is 2.82. The largest absolute Gasteiger partial charge is 0.497 e. The van der Waals surface area contributed by atoms with E-state index in [2.05, 4.69) is 5.32 Å². The van der Waals surface area contributed by atoms with Crippen molar-refractivity contribution >= 4 is 22.5 Å². The Morgan fingerprint density at radius 3 is 2.42 bits per heavy atom. The number of methoxy groups -OCH3 is 2. The Bertz CT molecular complexity index is 861. The van der Waals surface area contributed by atoms with Crippen molar-refractivity contribution in [1.29, 1.82) is 0 Å². The second-order valence-electron chi connectivity index (χ2n) is 5.61. The number of carbonyl (C=O) groups is 1. The van der Waals surface area contributed by atoms with Crippen LogP contribution in [-0.2, 0) is 18.3 Å². The van der Waals surface area contributed by atoms with Crippen molar-refractivity contribution in [2.24, 2.45) is 7.05 Å². The number of hydrogen-bond donors (Lipinski definition) is 1. The molecule has 1 heterocycles. The number of benzene rings is 2. The second-order valence-corrected chi connectivity index (χ2v) is 5.61. The standard InChI is InChI=1S/C19H20N2O3/c1-21-12-13(17-6-4-5-7-18(17)21)8-19(22)20-14-9-15(23-2)11-16(10-14)24-3/h4-7,9-12H,8H2,1-3H3,(H,20,22). The Morgan fingerprint density at radius 1 is 1.08 bits per heavy atom. The number of nitrogens with one attached hydrogen (secondary N) is 1. The van der Waals surface area contributed by atoms with Gasteiger partial charge in [-0.25, -0.2) is 0 Å². The lowest BCUT2D eigenvalue weighted by Crippen LogP contribution is -2.14. The van der Waals surface area contributed by atoms with Crippen LogP contribution >= 0.6 is 0 Å². The zero-order chi connectivity index (χ0) is 17.1. The Kier molecular flexibility index (Phi) is 4.42. The second kappa shape index (κ2) is 6.66. The Morgan fingerprint density at radius 2 is 1.75 bits per heavy atom. The first kappa shape index (κ1) is 15.9. The summed E-state index contributed by atoms with van der Waals surface area (Å²) in [7, 11) is 5.14. The summed E-state index contributed by atoms with van der Waals surface area (Å²) in [6.07, 6.45) is 2.30. The number of hydrogen-bond acceptors (Lipinski definition) is 3. The molecule has 3 aromatic rings. The van der Waals surface area contributed by atoms with Crippen molar-refractivity contribution in [1.82, 2.24) is 4.57 Å². The van der Waals surface area contributed by atoms with E-state index in [-0.39, 0.29) is 5.91 Å². The van der Waals surface area contributed by atoms with E-state index in [0.29, 0.717) is 23.6 Å². The van der Waals surface area contributed by atoms with Crippen LogP contribution in [0.5, 0.6) is 11.5 Å². The molecule has 0 unspecified atom stereocenters. The summed E-state index contributed by atoms with van der Waals surface area (Å²) < 4.78 is 12.5. The molecular weight excluding hydrogens is 304 g/mol. The maximum atomic E-state index is 12.4. The summed E-state index contributed by atoms with van der Waals surface area (Å²) in [5, 5.41) is 4.00. The molecule has 3 rings (SSSR count). The number of fused-ring (bicyclic) bond motifs is 1. The van der Waals surface area contributed by atoms with Gasteiger partial charge in [-0.2, -0.15) is 0 Å². The van der Waals surface area contributed by atoms with Gasteiger partial charge in [0.1, 0.15) is 11.5 Å². The molecule has 0 saturated carbocycles. The van der Waals surface area contributed by atoms with Crippen molar-refractivity contribution in [2.45, 2.75) is 6.42 Å². The van der Waals surface area contributed by atoms with Gasteiger partial charge >= 0.3 is 0 Å². The SMILES string of the molecule is COc1cc(NC(=O)Cc2cn(C)c3ccccc23)cc(OC)c1. The van der Waals surface area contributed by atoms with Crippen LogP contribution < -0.4 is 14.8 Å². The van der Waals surface area contributed by atoms with Crippen LogP contribution in [0.15, 0.2) is 48.7 Å². The average Bonchev–Trinajstić information content (AvgIpc) is 2.90. The number of ether oxygens (including phenoxy) is 2. The Balaban J connectivity index is 1.80. The van der Waals surface area contributed by atoms with Crippen molar-refractivity contribution in [2.75, 3.05) is 19.5 Å². The first-order valence-corrected chi connectivity index (χ1v) is 7.66. The quantitative estimate of drug-likeness (QED) is 0.783. The lowest BCUT2D eigenvalue weighted by molar-refractivity contribution is -0.115. The number of rotatable bonds is 5. The summed E-state index contributed by atoms with van der Waals surface area (Å²) >= 11 is 0. The maximum Gasteiger partial charge on any atom is 0.228 e. The van der Waals surface area contributed by atoms with Crippen molar-refractivity contribution in [3.8, 4) is 11.5 Å². The highest BCUT2D eigenvalue weighted by Gasteiger charge is 2.11. The molecule has 1 amide bonds. The number of carbonyl (C=O) groups excluding carboxylic acids is 1. The molecular formula is C19H20N2O3. The predicted molar refractivity (Wildman–Crippen MR) is 94.8 cm³/mol. The van der Waals surface area contributed by atoms with Crippen LogP contribution in [0, 0.1) is 0 Å². The van der Waals surface area contributed by atoms with Gasteiger partial charge in [-0.3, -0.25) is 4.79 Å². The molecule has 5 heteroatoms. The van der Waals surface area contributed by atoms with E-state index in [4.69, 9.17) is 9.47 Å². The average molecular weight is 324 g/mol. The maximum absolute atomic E-state index is 12.4. The van der Waals surface area contributed by atoms with E-state index < -0.39 is 0 Å². The van der Waals surface area contributed by atoms with Crippen LogP contribution in [0.4, 0.5) is 5.69 Å². The van der Waals surface area contributed by atoms with E-state index >= 15 is 0 Å². The molecule has 124 valence electrons. The third-order valence-corrected chi connectivity index (χ3v) is 3.97. The van der Waals surface area contributed by atoms with Crippen molar-refractivity contribution < 1.29 is 14.3 Å². The van der Waals surface area contributed by atoms with Crippen LogP contribution in [0.25, 0.3) is 10.9 Å². The Labute approximate surface area is 140 Å². The number of aryl methyl sites for hydroxylation is 1. The fourth-order valence-electron chi connectivity index (χ4n) is 2.82. The van der Waals surface area contributed by atoms with E-state index in [1.165, 1.54) is 0 Å². The van der Waals surface area contributed by atoms with Gasteiger partial charge in [0.05, 0.1) is 20.6 Å². The van der Waals surface area contributed by atoms with Gasteiger partial charge in [0.15, 0.2) is 0 Å². The zero-order valence-corrected chi connectivity index (χ0v) is 14.0. The van der Waals surface area contributed by atoms with E-state index in [0.717, 1.165) is 16.5 Å². The van der Waals surface area contributed by atoms with Crippen LogP contribution in [0.1, 0.15) is 5.56 Å². The molecule has 0 spiro atoms. The van der Waals surface area contributed by atoms with Gasteiger partial charge in [0.2, 0.25) is 5.91 Å². The van der Waals surface area contributed by atoms with E-state index in [1.54, 1.807) is 32.4 Å². The summed E-state index contributed by atoms with van der Waals surface area (Å²) in [6, 6.07) is 13.4. The van der Waals surface area contributed by atoms with Crippen LogP contribution in [0.3, 0.4) is 0 Å². The first-order chi connectivity index (χ1) is 11.6. The topological polar surface area (TPSA) is 52.5 Å². The molecule has 1 aromatic heterocycles. The lowest BCUT2D eigenvalue weighted by atomic mass is 10.1. The number of amides is 1. The van der Waals surface area contributed by atoms with Gasteiger partial charge in [-0.05, 0) is 11.6 Å².